The van der Waals surface area contributed by atoms with E-state index in [9.17, 15) is 4.79 Å². The Bertz CT molecular complexity index is 237. The van der Waals surface area contributed by atoms with E-state index in [1.54, 1.807) is 7.11 Å². The summed E-state index contributed by atoms with van der Waals surface area (Å²) in [5, 5.41) is 3.00. The van der Waals surface area contributed by atoms with Crippen LogP contribution in [0.1, 0.15) is 39.5 Å². The van der Waals surface area contributed by atoms with E-state index in [4.69, 9.17) is 10.5 Å². The van der Waals surface area contributed by atoms with Crippen molar-refractivity contribution in [3.63, 3.8) is 0 Å². The standard InChI is InChI=1S/C12H24N2O2.ClH/c1-12(2)6-4-9(5-7-12)14-11(15)10(13)8-16-3;/h9-10H,4-8,13H2,1-3H3,(H,14,15);1H. The zero-order valence-corrected chi connectivity index (χ0v) is 11.8. The summed E-state index contributed by atoms with van der Waals surface area (Å²) in [5.41, 5.74) is 6.09. The lowest BCUT2D eigenvalue weighted by molar-refractivity contribution is -0.124. The van der Waals surface area contributed by atoms with Crippen molar-refractivity contribution < 1.29 is 9.53 Å². The fourth-order valence-corrected chi connectivity index (χ4v) is 2.11. The third-order valence-electron chi connectivity index (χ3n) is 3.37. The third kappa shape index (κ3) is 5.70. The number of nitrogens with two attached hydrogens (primary N) is 1. The van der Waals surface area contributed by atoms with Gasteiger partial charge >= 0.3 is 0 Å². The maximum Gasteiger partial charge on any atom is 0.239 e. The number of amides is 1. The van der Waals surface area contributed by atoms with E-state index < -0.39 is 6.04 Å². The first-order valence-corrected chi connectivity index (χ1v) is 5.99. The smallest absolute Gasteiger partial charge is 0.239 e. The van der Waals surface area contributed by atoms with E-state index in [1.807, 2.05) is 0 Å². The van der Waals surface area contributed by atoms with E-state index >= 15 is 0 Å². The molecule has 0 radical (unpaired) electrons. The molecule has 1 fully saturated rings. The van der Waals surface area contributed by atoms with Crippen molar-refractivity contribution in [1.82, 2.24) is 5.32 Å². The van der Waals surface area contributed by atoms with Crippen molar-refractivity contribution in [2.45, 2.75) is 51.6 Å². The Kier molecular flexibility index (Phi) is 7.05. The Morgan fingerprint density at radius 2 is 2.00 bits per heavy atom. The second-order valence-electron chi connectivity index (χ2n) is 5.51. The van der Waals surface area contributed by atoms with Crippen molar-refractivity contribution >= 4 is 18.3 Å². The van der Waals surface area contributed by atoms with Gasteiger partial charge in [0.15, 0.2) is 0 Å². The molecule has 17 heavy (non-hydrogen) atoms. The van der Waals surface area contributed by atoms with Gasteiger partial charge in [0.05, 0.1) is 6.61 Å². The molecule has 0 aromatic heterocycles. The largest absolute Gasteiger partial charge is 0.383 e. The zero-order chi connectivity index (χ0) is 12.2. The number of ether oxygens (including phenoxy) is 1. The first-order valence-electron chi connectivity index (χ1n) is 5.99. The maximum atomic E-state index is 11.6. The lowest BCUT2D eigenvalue weighted by Gasteiger charge is -2.34. The summed E-state index contributed by atoms with van der Waals surface area (Å²) in [5.74, 6) is -0.0912. The zero-order valence-electron chi connectivity index (χ0n) is 11.0. The minimum atomic E-state index is -0.542. The first kappa shape index (κ1) is 16.7. The molecule has 0 heterocycles. The molecule has 1 atom stereocenters. The quantitative estimate of drug-likeness (QED) is 0.808. The molecule has 1 saturated carbocycles. The minimum Gasteiger partial charge on any atom is -0.383 e. The molecular weight excluding hydrogens is 240 g/mol. The second-order valence-corrected chi connectivity index (χ2v) is 5.51. The molecule has 0 spiro atoms. The molecule has 0 bridgehead atoms. The van der Waals surface area contributed by atoms with Crippen molar-refractivity contribution in [3.05, 3.63) is 0 Å². The molecule has 0 aliphatic heterocycles. The van der Waals surface area contributed by atoms with Crippen LogP contribution < -0.4 is 11.1 Å². The van der Waals surface area contributed by atoms with Gasteiger partial charge < -0.3 is 15.8 Å². The fourth-order valence-electron chi connectivity index (χ4n) is 2.11. The van der Waals surface area contributed by atoms with E-state index in [1.165, 1.54) is 0 Å². The number of methoxy groups -OCH3 is 1. The van der Waals surface area contributed by atoms with Gasteiger partial charge in [-0.15, -0.1) is 12.4 Å². The number of nitrogens with one attached hydrogen (secondary N) is 1. The van der Waals surface area contributed by atoms with Crippen LogP contribution in [0.15, 0.2) is 0 Å². The van der Waals surface area contributed by atoms with E-state index in [-0.39, 0.29) is 24.9 Å². The molecule has 0 aromatic carbocycles. The van der Waals surface area contributed by atoms with Gasteiger partial charge in [-0.1, -0.05) is 13.8 Å². The van der Waals surface area contributed by atoms with Gasteiger partial charge in [-0.25, -0.2) is 0 Å². The third-order valence-corrected chi connectivity index (χ3v) is 3.37. The van der Waals surface area contributed by atoms with Crippen LogP contribution in [0.4, 0.5) is 0 Å². The first-order chi connectivity index (χ1) is 7.44. The van der Waals surface area contributed by atoms with Gasteiger partial charge in [0.25, 0.3) is 0 Å². The van der Waals surface area contributed by atoms with Crippen LogP contribution in [0.25, 0.3) is 0 Å². The van der Waals surface area contributed by atoms with E-state index in [0.717, 1.165) is 25.7 Å². The van der Waals surface area contributed by atoms with Gasteiger partial charge in [-0.05, 0) is 31.1 Å². The normalized spacial score (nSPS) is 21.4. The molecule has 1 rings (SSSR count). The fraction of sp³-hybridized carbons (Fsp3) is 0.917. The molecular formula is C12H25ClN2O2. The van der Waals surface area contributed by atoms with Crippen LogP contribution in [0, 0.1) is 5.41 Å². The SMILES string of the molecule is COCC(N)C(=O)NC1CCC(C)(C)CC1.Cl. The maximum absolute atomic E-state index is 11.6. The summed E-state index contributed by atoms with van der Waals surface area (Å²) < 4.78 is 4.86. The lowest BCUT2D eigenvalue weighted by atomic mass is 9.75. The average molecular weight is 265 g/mol. The molecule has 102 valence electrons. The van der Waals surface area contributed by atoms with Gasteiger partial charge in [-0.3, -0.25) is 4.79 Å². The number of carbonyl (C=O) groups excluding carboxylic acids is 1. The lowest BCUT2D eigenvalue weighted by Crippen LogP contribution is -2.48. The Morgan fingerprint density at radius 3 is 2.47 bits per heavy atom. The molecule has 4 nitrogen and oxygen atoms in total. The van der Waals surface area contributed by atoms with Crippen molar-refractivity contribution in [2.24, 2.45) is 11.1 Å². The Morgan fingerprint density at radius 1 is 1.47 bits per heavy atom. The summed E-state index contributed by atoms with van der Waals surface area (Å²) in [6, 6.07) is -0.247. The predicted molar refractivity (Wildman–Crippen MR) is 71.3 cm³/mol. The molecule has 0 saturated heterocycles. The Balaban J connectivity index is 0.00000256. The van der Waals surface area contributed by atoms with Gasteiger partial charge in [0, 0.05) is 13.2 Å². The average Bonchev–Trinajstić information content (AvgIpc) is 2.21. The van der Waals surface area contributed by atoms with Gasteiger partial charge in [-0.2, -0.15) is 0 Å². The Hall–Kier alpha value is -0.320. The van der Waals surface area contributed by atoms with E-state index in [2.05, 4.69) is 19.2 Å². The summed E-state index contributed by atoms with van der Waals surface area (Å²) in [7, 11) is 1.55. The molecule has 0 aromatic rings. The number of rotatable bonds is 4. The summed E-state index contributed by atoms with van der Waals surface area (Å²) in [6.45, 7) is 4.84. The summed E-state index contributed by atoms with van der Waals surface area (Å²) in [4.78, 5) is 11.6. The predicted octanol–water partition coefficient (Wildman–Crippen LogP) is 1.47. The Labute approximate surface area is 110 Å². The van der Waals surface area contributed by atoms with Gasteiger partial charge in [0.1, 0.15) is 6.04 Å². The van der Waals surface area contributed by atoms with Crippen molar-refractivity contribution in [2.75, 3.05) is 13.7 Å². The van der Waals surface area contributed by atoms with Crippen LogP contribution >= 0.6 is 12.4 Å². The molecule has 1 unspecified atom stereocenters. The number of hydrogen-bond acceptors (Lipinski definition) is 3. The van der Waals surface area contributed by atoms with Gasteiger partial charge in [0.2, 0.25) is 5.91 Å². The highest BCUT2D eigenvalue weighted by Gasteiger charge is 2.28. The molecule has 3 N–H and O–H groups in total. The van der Waals surface area contributed by atoms with Crippen LogP contribution in [0.5, 0.6) is 0 Å². The molecule has 1 aliphatic carbocycles. The topological polar surface area (TPSA) is 64.3 Å². The second kappa shape index (κ2) is 7.19. The minimum absolute atomic E-state index is 0. The highest BCUT2D eigenvalue weighted by molar-refractivity contribution is 5.85. The number of halogens is 1. The van der Waals surface area contributed by atoms with Crippen molar-refractivity contribution in [1.29, 1.82) is 0 Å². The van der Waals surface area contributed by atoms with E-state index in [0.29, 0.717) is 11.5 Å². The summed E-state index contributed by atoms with van der Waals surface area (Å²) in [6.07, 6.45) is 4.44. The summed E-state index contributed by atoms with van der Waals surface area (Å²) >= 11 is 0. The molecule has 5 heteroatoms. The van der Waals surface area contributed by atoms with Crippen LogP contribution in [-0.4, -0.2) is 31.7 Å². The van der Waals surface area contributed by atoms with Crippen LogP contribution in [0.3, 0.4) is 0 Å². The highest BCUT2D eigenvalue weighted by atomic mass is 35.5. The monoisotopic (exact) mass is 264 g/mol. The van der Waals surface area contributed by atoms with Crippen molar-refractivity contribution in [3.8, 4) is 0 Å². The molecule has 1 amide bonds. The number of carbonyl (C=O) groups is 1. The highest BCUT2D eigenvalue weighted by Crippen LogP contribution is 2.34. The van der Waals surface area contributed by atoms with Crippen LogP contribution in [0.2, 0.25) is 0 Å². The molecule has 1 aliphatic rings. The van der Waals surface area contributed by atoms with Crippen LogP contribution in [-0.2, 0) is 9.53 Å². The number of hydrogen-bond donors (Lipinski definition) is 2.